The van der Waals surface area contributed by atoms with Crippen molar-refractivity contribution in [3.05, 3.63) is 112 Å². The molecule has 3 aromatic carbocycles. The number of benzene rings is 3. The molecule has 1 aliphatic carbocycles. The molecule has 1 saturated carbocycles. The van der Waals surface area contributed by atoms with Gasteiger partial charge in [-0.1, -0.05) is 66.2 Å². The van der Waals surface area contributed by atoms with Crippen LogP contribution in [0, 0.1) is 17.1 Å². The highest BCUT2D eigenvalue weighted by Crippen LogP contribution is 2.38. The Hall–Kier alpha value is -4.48. The first-order valence-electron chi connectivity index (χ1n) is 13.7. The molecule has 2 heterocycles. The minimum absolute atomic E-state index is 0.0590. The van der Waals surface area contributed by atoms with Crippen molar-refractivity contribution in [1.29, 1.82) is 5.26 Å². The second-order valence-electron chi connectivity index (χ2n) is 9.85. The number of fused-ring (bicyclic) bond motifs is 1. The molecular formula is C31H27ClFN7. The molecule has 6 rings (SSSR count). The summed E-state index contributed by atoms with van der Waals surface area (Å²) in [5.74, 6) is -0.402. The molecule has 2 unspecified atom stereocenters. The van der Waals surface area contributed by atoms with Gasteiger partial charge in [-0.05, 0) is 54.7 Å². The van der Waals surface area contributed by atoms with Crippen molar-refractivity contribution >= 4 is 33.9 Å². The summed E-state index contributed by atoms with van der Waals surface area (Å²) in [4.78, 5) is 4.47. The molecular weight excluding hydrogens is 525 g/mol. The van der Waals surface area contributed by atoms with Crippen molar-refractivity contribution in [3.8, 4) is 6.07 Å². The number of aromatic nitrogens is 4. The number of nitrogens with zero attached hydrogens (tertiary/aromatic N) is 5. The highest BCUT2D eigenvalue weighted by Gasteiger charge is 2.27. The fraction of sp³-hybridized carbons (Fsp3) is 0.226. The van der Waals surface area contributed by atoms with Crippen LogP contribution in [0.4, 0.5) is 15.8 Å². The van der Waals surface area contributed by atoms with Crippen molar-refractivity contribution in [1.82, 2.24) is 20.0 Å². The molecule has 1 fully saturated rings. The lowest BCUT2D eigenvalue weighted by atomic mass is 10.0. The van der Waals surface area contributed by atoms with E-state index in [1.165, 1.54) is 18.3 Å². The zero-order valence-electron chi connectivity index (χ0n) is 22.8. The van der Waals surface area contributed by atoms with E-state index in [0.29, 0.717) is 44.1 Å². The Morgan fingerprint density at radius 2 is 1.90 bits per heavy atom. The van der Waals surface area contributed by atoms with Gasteiger partial charge in [0.05, 0.1) is 47.5 Å². The van der Waals surface area contributed by atoms with Crippen LogP contribution in [-0.2, 0) is 0 Å². The summed E-state index contributed by atoms with van der Waals surface area (Å²) in [5, 5.41) is 26.4. The molecule has 2 N–H and O–H groups in total. The van der Waals surface area contributed by atoms with Gasteiger partial charge in [0.1, 0.15) is 17.6 Å². The van der Waals surface area contributed by atoms with E-state index >= 15 is 0 Å². The van der Waals surface area contributed by atoms with Gasteiger partial charge < -0.3 is 10.6 Å². The minimum atomic E-state index is -1.61. The first-order valence-corrected chi connectivity index (χ1v) is 13.6. The number of pyridine rings is 1. The maximum absolute atomic E-state index is 13.9. The van der Waals surface area contributed by atoms with Gasteiger partial charge in [-0.15, -0.1) is 5.10 Å². The SMILES string of the molecule is [2H]C(Nc1cc(Cl)c2ncc(C#N)c(NC(CC)c3ccccc3)c2c1)(c1ccc(F)cc1)c1cn(C2CC2)nn1. The lowest BCUT2D eigenvalue weighted by Crippen LogP contribution is -2.14. The highest BCUT2D eigenvalue weighted by atomic mass is 35.5. The van der Waals surface area contributed by atoms with E-state index in [-0.39, 0.29) is 12.1 Å². The predicted molar refractivity (Wildman–Crippen MR) is 155 cm³/mol. The predicted octanol–water partition coefficient (Wildman–Crippen LogP) is 7.59. The number of rotatable bonds is 9. The van der Waals surface area contributed by atoms with Gasteiger partial charge in [0.15, 0.2) is 0 Å². The van der Waals surface area contributed by atoms with Crippen LogP contribution in [0.25, 0.3) is 10.9 Å². The Morgan fingerprint density at radius 3 is 2.60 bits per heavy atom. The second-order valence-corrected chi connectivity index (χ2v) is 10.3. The highest BCUT2D eigenvalue weighted by molar-refractivity contribution is 6.35. The number of anilines is 2. The van der Waals surface area contributed by atoms with Crippen LogP contribution >= 0.6 is 11.6 Å². The van der Waals surface area contributed by atoms with E-state index < -0.39 is 11.8 Å². The summed E-state index contributed by atoms with van der Waals surface area (Å²) < 4.78 is 25.2. The monoisotopic (exact) mass is 552 g/mol. The van der Waals surface area contributed by atoms with Crippen LogP contribution < -0.4 is 10.6 Å². The van der Waals surface area contributed by atoms with Crippen LogP contribution in [0.15, 0.2) is 79.1 Å². The number of hydrogen-bond acceptors (Lipinski definition) is 6. The quantitative estimate of drug-likeness (QED) is 0.196. The van der Waals surface area contributed by atoms with Gasteiger partial charge in [0.2, 0.25) is 0 Å². The molecule has 0 saturated heterocycles. The van der Waals surface area contributed by atoms with Crippen LogP contribution in [0.3, 0.4) is 0 Å². The van der Waals surface area contributed by atoms with Crippen molar-refractivity contribution in [2.75, 3.05) is 10.6 Å². The van der Waals surface area contributed by atoms with E-state index in [4.69, 9.17) is 11.6 Å². The van der Waals surface area contributed by atoms with E-state index in [1.807, 2.05) is 36.4 Å². The number of nitrogens with one attached hydrogen (secondary N) is 2. The summed E-state index contributed by atoms with van der Waals surface area (Å²) in [5.41, 5.74) is 3.96. The molecule has 0 bridgehead atoms. The summed E-state index contributed by atoms with van der Waals surface area (Å²) >= 11 is 6.76. The largest absolute Gasteiger partial charge is 0.377 e. The molecule has 2 aromatic heterocycles. The van der Waals surface area contributed by atoms with Crippen LogP contribution in [0.2, 0.25) is 5.02 Å². The third-order valence-electron chi connectivity index (χ3n) is 7.06. The molecule has 0 amide bonds. The van der Waals surface area contributed by atoms with E-state index in [1.54, 1.807) is 29.1 Å². The zero-order chi connectivity index (χ0) is 28.6. The van der Waals surface area contributed by atoms with Crippen molar-refractivity contribution in [2.45, 2.75) is 44.3 Å². The fourth-order valence-corrected chi connectivity index (χ4v) is 5.07. The molecule has 7 nitrogen and oxygen atoms in total. The molecule has 200 valence electrons. The summed E-state index contributed by atoms with van der Waals surface area (Å²) in [6.07, 6.45) is 6.09. The van der Waals surface area contributed by atoms with Gasteiger partial charge in [-0.3, -0.25) is 4.98 Å². The Bertz CT molecular complexity index is 1750. The number of hydrogen-bond donors (Lipinski definition) is 2. The maximum atomic E-state index is 13.9. The summed E-state index contributed by atoms with van der Waals surface area (Å²) in [7, 11) is 0. The zero-order valence-corrected chi connectivity index (χ0v) is 22.5. The van der Waals surface area contributed by atoms with E-state index in [0.717, 1.165) is 24.8 Å². The number of halogens is 2. The van der Waals surface area contributed by atoms with Crippen LogP contribution in [0.1, 0.15) is 68.0 Å². The molecule has 5 aromatic rings. The van der Waals surface area contributed by atoms with Crippen LogP contribution in [-0.4, -0.2) is 20.0 Å². The third kappa shape index (κ3) is 5.21. The molecule has 9 heteroatoms. The van der Waals surface area contributed by atoms with Gasteiger partial charge in [-0.25, -0.2) is 9.07 Å². The standard InChI is InChI=1S/C31H27ClFN7/c1-2-27(19-6-4-3-5-7-19)37-29-21(16-34)17-35-31-25(29)14-23(15-26(31)32)36-30(20-8-10-22(33)11-9-20)28-18-40(39-38-28)24-12-13-24/h3-11,14-15,17-18,24,27,30,36H,2,12-13H2,1H3,(H,35,37)/i30D. The smallest absolute Gasteiger partial charge is 0.123 e. The Labute approximate surface area is 238 Å². The van der Waals surface area contributed by atoms with Crippen LogP contribution in [0.5, 0.6) is 0 Å². The lowest BCUT2D eigenvalue weighted by molar-refractivity contribution is 0.610. The molecule has 0 radical (unpaired) electrons. The topological polar surface area (TPSA) is 91.5 Å². The molecule has 2 atom stereocenters. The van der Waals surface area contributed by atoms with Gasteiger partial charge in [0.25, 0.3) is 0 Å². The van der Waals surface area contributed by atoms with Gasteiger partial charge in [-0.2, -0.15) is 5.26 Å². The minimum Gasteiger partial charge on any atom is -0.377 e. The molecule has 0 spiro atoms. The Morgan fingerprint density at radius 1 is 1.12 bits per heavy atom. The maximum Gasteiger partial charge on any atom is 0.123 e. The van der Waals surface area contributed by atoms with Gasteiger partial charge >= 0.3 is 0 Å². The Balaban J connectivity index is 1.46. The second kappa shape index (κ2) is 10.9. The summed E-state index contributed by atoms with van der Waals surface area (Å²) in [6.45, 7) is 2.08. The Kier molecular flexibility index (Phi) is 6.72. The van der Waals surface area contributed by atoms with Crippen molar-refractivity contribution in [2.24, 2.45) is 0 Å². The van der Waals surface area contributed by atoms with E-state index in [2.05, 4.69) is 38.9 Å². The average Bonchev–Trinajstić information content (AvgIpc) is 3.72. The van der Waals surface area contributed by atoms with Crippen molar-refractivity contribution in [3.63, 3.8) is 0 Å². The fourth-order valence-electron chi connectivity index (χ4n) is 4.81. The first kappa shape index (κ1) is 24.6. The molecule has 0 aliphatic heterocycles. The first-order chi connectivity index (χ1) is 19.9. The third-order valence-corrected chi connectivity index (χ3v) is 7.35. The number of nitriles is 1. The average molecular weight is 553 g/mol. The van der Waals surface area contributed by atoms with Gasteiger partial charge in [0, 0.05) is 17.3 Å². The lowest BCUT2D eigenvalue weighted by Gasteiger charge is -2.22. The normalized spacial score (nSPS) is 15.6. The summed E-state index contributed by atoms with van der Waals surface area (Å²) in [6, 6.07) is 20.2. The molecule has 40 heavy (non-hydrogen) atoms. The van der Waals surface area contributed by atoms with E-state index in [9.17, 15) is 11.0 Å². The molecule has 1 aliphatic rings. The van der Waals surface area contributed by atoms with Crippen molar-refractivity contribution < 1.29 is 5.76 Å².